The lowest BCUT2D eigenvalue weighted by Gasteiger charge is -2.03. The summed E-state index contributed by atoms with van der Waals surface area (Å²) in [5, 5.41) is 19.3. The summed E-state index contributed by atoms with van der Waals surface area (Å²) in [5.74, 6) is -0.124. The quantitative estimate of drug-likeness (QED) is 0.286. The van der Waals surface area contributed by atoms with Crippen LogP contribution in [0.3, 0.4) is 0 Å². The number of nitrogens with zero attached hydrogens (tertiary/aromatic N) is 2. The number of anilines is 2. The van der Waals surface area contributed by atoms with Crippen molar-refractivity contribution >= 4 is 34.3 Å². The molecule has 0 bridgehead atoms. The summed E-state index contributed by atoms with van der Waals surface area (Å²) in [6.07, 6.45) is 1.52. The normalized spacial score (nSPS) is 10.9. The number of carbonyl (C=O) groups excluding carboxylic acids is 1. The third kappa shape index (κ3) is 5.34. The number of hydrogen-bond donors (Lipinski definition) is 3. The van der Waals surface area contributed by atoms with E-state index in [0.29, 0.717) is 5.56 Å². The van der Waals surface area contributed by atoms with Crippen LogP contribution in [0.2, 0.25) is 0 Å². The van der Waals surface area contributed by atoms with Gasteiger partial charge in [0.1, 0.15) is 5.75 Å². The van der Waals surface area contributed by atoms with E-state index in [2.05, 4.69) is 39.9 Å². The highest BCUT2D eigenvalue weighted by molar-refractivity contribution is 7.14. The third-order valence-corrected chi connectivity index (χ3v) is 5.28. The number of phenolic OH excluding ortho intramolecular Hbond substituents is 1. The lowest BCUT2D eigenvalue weighted by atomic mass is 10.1. The van der Waals surface area contributed by atoms with Crippen molar-refractivity contribution in [2.75, 3.05) is 5.32 Å². The van der Waals surface area contributed by atoms with Crippen LogP contribution in [0.1, 0.15) is 21.5 Å². The highest BCUT2D eigenvalue weighted by Gasteiger charge is 2.08. The van der Waals surface area contributed by atoms with Gasteiger partial charge in [-0.3, -0.25) is 4.79 Å². The van der Waals surface area contributed by atoms with Gasteiger partial charge in [0.25, 0.3) is 5.91 Å². The van der Waals surface area contributed by atoms with Crippen LogP contribution in [0.4, 0.5) is 10.8 Å². The summed E-state index contributed by atoms with van der Waals surface area (Å²) in [5.41, 5.74) is 7.74. The average Bonchev–Trinajstić information content (AvgIpc) is 3.25. The van der Waals surface area contributed by atoms with Gasteiger partial charge < -0.3 is 10.4 Å². The Kier molecular flexibility index (Phi) is 6.05. The van der Waals surface area contributed by atoms with E-state index in [4.69, 9.17) is 0 Å². The highest BCUT2D eigenvalue weighted by Crippen LogP contribution is 2.27. The molecular formula is C24H20N4O2S. The molecule has 154 valence electrons. The summed E-state index contributed by atoms with van der Waals surface area (Å²) < 4.78 is 0. The molecule has 0 aliphatic carbocycles. The van der Waals surface area contributed by atoms with Crippen LogP contribution < -0.4 is 10.7 Å². The second-order valence-electron chi connectivity index (χ2n) is 6.90. The molecule has 1 aromatic heterocycles. The second kappa shape index (κ2) is 9.23. The number of benzene rings is 3. The number of aromatic nitrogens is 1. The molecule has 0 saturated heterocycles. The van der Waals surface area contributed by atoms with Gasteiger partial charge in [0.2, 0.25) is 0 Å². The van der Waals surface area contributed by atoms with E-state index < -0.39 is 0 Å². The number of hydrazone groups is 1. The van der Waals surface area contributed by atoms with Crippen LogP contribution in [0.5, 0.6) is 5.75 Å². The fourth-order valence-electron chi connectivity index (χ4n) is 2.81. The van der Waals surface area contributed by atoms with E-state index in [9.17, 15) is 9.90 Å². The van der Waals surface area contributed by atoms with Crippen molar-refractivity contribution in [3.05, 3.63) is 94.9 Å². The van der Waals surface area contributed by atoms with E-state index in [1.807, 2.05) is 29.6 Å². The molecule has 3 N–H and O–H groups in total. The topological polar surface area (TPSA) is 86.6 Å². The first-order valence-corrected chi connectivity index (χ1v) is 10.5. The Morgan fingerprint density at radius 2 is 1.71 bits per heavy atom. The van der Waals surface area contributed by atoms with Gasteiger partial charge >= 0.3 is 0 Å². The largest absolute Gasteiger partial charge is 0.508 e. The molecule has 4 aromatic rings. The Hall–Kier alpha value is -3.97. The molecular weight excluding hydrogens is 408 g/mol. The van der Waals surface area contributed by atoms with E-state index in [1.165, 1.54) is 23.1 Å². The molecule has 0 fully saturated rings. The molecule has 1 heterocycles. The van der Waals surface area contributed by atoms with Crippen LogP contribution in [0.15, 0.2) is 83.3 Å². The van der Waals surface area contributed by atoms with Crippen molar-refractivity contribution in [2.45, 2.75) is 6.92 Å². The predicted molar refractivity (Wildman–Crippen MR) is 125 cm³/mol. The van der Waals surface area contributed by atoms with Crippen LogP contribution >= 0.6 is 11.3 Å². The number of amides is 1. The zero-order valence-corrected chi connectivity index (χ0v) is 17.6. The van der Waals surface area contributed by atoms with Gasteiger partial charge in [-0.25, -0.2) is 10.4 Å². The first-order chi connectivity index (χ1) is 15.1. The van der Waals surface area contributed by atoms with Gasteiger partial charge in [-0.05, 0) is 61.0 Å². The molecule has 0 radical (unpaired) electrons. The smallest absolute Gasteiger partial charge is 0.271 e. The fraction of sp³-hybridized carbons (Fsp3) is 0.0417. The Labute approximate surface area is 183 Å². The molecule has 4 rings (SSSR count). The lowest BCUT2D eigenvalue weighted by Crippen LogP contribution is -2.17. The van der Waals surface area contributed by atoms with Crippen molar-refractivity contribution in [1.29, 1.82) is 0 Å². The van der Waals surface area contributed by atoms with Crippen LogP contribution in [0, 0.1) is 6.92 Å². The maximum Gasteiger partial charge on any atom is 0.271 e. The molecule has 0 aliphatic heterocycles. The number of hydrogen-bond acceptors (Lipinski definition) is 6. The maximum absolute atomic E-state index is 12.3. The summed E-state index contributed by atoms with van der Waals surface area (Å²) in [6.45, 7) is 2.05. The van der Waals surface area contributed by atoms with E-state index in [1.54, 1.807) is 36.4 Å². The van der Waals surface area contributed by atoms with Crippen molar-refractivity contribution in [1.82, 2.24) is 10.4 Å². The minimum absolute atomic E-state index is 0.180. The van der Waals surface area contributed by atoms with E-state index in [-0.39, 0.29) is 11.7 Å². The zero-order chi connectivity index (χ0) is 21.6. The fourth-order valence-corrected chi connectivity index (χ4v) is 3.55. The number of aryl methyl sites for hydroxylation is 1. The summed E-state index contributed by atoms with van der Waals surface area (Å²) >= 11 is 1.53. The number of carbonyl (C=O) groups is 1. The van der Waals surface area contributed by atoms with E-state index in [0.717, 1.165) is 27.6 Å². The summed E-state index contributed by atoms with van der Waals surface area (Å²) in [6, 6.07) is 21.9. The van der Waals surface area contributed by atoms with Gasteiger partial charge in [-0.15, -0.1) is 11.3 Å². The number of phenols is 1. The Balaban J connectivity index is 1.37. The predicted octanol–water partition coefficient (Wildman–Crippen LogP) is 5.33. The molecule has 0 unspecified atom stereocenters. The van der Waals surface area contributed by atoms with Gasteiger partial charge in [0.15, 0.2) is 5.13 Å². The van der Waals surface area contributed by atoms with Gasteiger partial charge in [0.05, 0.1) is 11.9 Å². The van der Waals surface area contributed by atoms with Crippen molar-refractivity contribution in [3.63, 3.8) is 0 Å². The number of aromatic hydroxyl groups is 1. The van der Waals surface area contributed by atoms with Crippen molar-refractivity contribution < 1.29 is 9.90 Å². The molecule has 0 spiro atoms. The Morgan fingerprint density at radius 3 is 2.42 bits per heavy atom. The van der Waals surface area contributed by atoms with Crippen LogP contribution in [0.25, 0.3) is 11.3 Å². The van der Waals surface area contributed by atoms with Gasteiger partial charge in [-0.1, -0.05) is 29.8 Å². The van der Waals surface area contributed by atoms with Crippen molar-refractivity contribution in [2.24, 2.45) is 5.10 Å². The minimum atomic E-state index is -0.304. The third-order valence-electron chi connectivity index (χ3n) is 4.52. The minimum Gasteiger partial charge on any atom is -0.508 e. The van der Waals surface area contributed by atoms with Gasteiger partial charge in [0, 0.05) is 22.2 Å². The standard InChI is InChI=1S/C24H20N4O2S/c1-16-2-10-20(11-3-16)26-24-27-22(15-31-24)18-6-8-19(9-7-18)23(30)28-25-14-17-4-12-21(29)13-5-17/h2-15,29H,1H3,(H,26,27)(H,28,30)/b25-14-. The monoisotopic (exact) mass is 428 g/mol. The lowest BCUT2D eigenvalue weighted by molar-refractivity contribution is 0.0955. The van der Waals surface area contributed by atoms with Gasteiger partial charge in [-0.2, -0.15) is 5.10 Å². The molecule has 6 nitrogen and oxygen atoms in total. The highest BCUT2D eigenvalue weighted by atomic mass is 32.1. The SMILES string of the molecule is Cc1ccc(Nc2nc(-c3ccc(C(=O)N/N=C\c4ccc(O)cc4)cc3)cs2)cc1. The number of rotatable bonds is 6. The Morgan fingerprint density at radius 1 is 1.00 bits per heavy atom. The average molecular weight is 429 g/mol. The molecule has 7 heteroatoms. The molecule has 0 saturated carbocycles. The van der Waals surface area contributed by atoms with E-state index >= 15 is 0 Å². The van der Waals surface area contributed by atoms with Crippen LogP contribution in [-0.2, 0) is 0 Å². The molecule has 1 amide bonds. The zero-order valence-electron chi connectivity index (χ0n) is 16.7. The van der Waals surface area contributed by atoms with Crippen LogP contribution in [-0.4, -0.2) is 22.2 Å². The summed E-state index contributed by atoms with van der Waals surface area (Å²) in [4.78, 5) is 16.9. The number of thiazole rings is 1. The second-order valence-corrected chi connectivity index (χ2v) is 7.76. The maximum atomic E-state index is 12.3. The first kappa shape index (κ1) is 20.3. The Bertz CT molecular complexity index is 1200. The number of nitrogens with one attached hydrogen (secondary N) is 2. The van der Waals surface area contributed by atoms with Crippen molar-refractivity contribution in [3.8, 4) is 17.0 Å². The molecule has 0 atom stereocenters. The molecule has 3 aromatic carbocycles. The molecule has 0 aliphatic rings. The summed E-state index contributed by atoms with van der Waals surface area (Å²) in [7, 11) is 0. The molecule has 31 heavy (non-hydrogen) atoms. The first-order valence-electron chi connectivity index (χ1n) is 9.59.